The smallest absolute Gasteiger partial charge is 0.349 e. The topological polar surface area (TPSA) is 89.3 Å². The summed E-state index contributed by atoms with van der Waals surface area (Å²) in [6, 6.07) is 10.1. The molecule has 7 rings (SSSR count). The molecule has 3 aliphatic rings. The molecule has 0 bridgehead atoms. The van der Waals surface area contributed by atoms with Crippen LogP contribution in [0, 0.1) is 11.6 Å². The number of hydrogen-bond acceptors (Lipinski definition) is 8. The molecule has 2 aromatic carbocycles. The maximum Gasteiger partial charge on any atom is 0.349 e. The van der Waals surface area contributed by atoms with Gasteiger partial charge in [-0.2, -0.15) is 0 Å². The normalized spacial score (nSPS) is 22.1. The van der Waals surface area contributed by atoms with Crippen molar-refractivity contribution in [3.8, 4) is 11.5 Å². The molecule has 5 heterocycles. The molecule has 0 unspecified atom stereocenters. The number of carbonyl (C=O) groups is 1. The molecule has 0 saturated carbocycles. The summed E-state index contributed by atoms with van der Waals surface area (Å²) in [7, 11) is 0. The van der Waals surface area contributed by atoms with E-state index in [1.54, 1.807) is 29.7 Å². The average Bonchev–Trinajstić information content (AvgIpc) is 3.56. The highest BCUT2D eigenvalue weighted by Crippen LogP contribution is 2.50. The van der Waals surface area contributed by atoms with Crippen LogP contribution in [0.1, 0.15) is 34.4 Å². The third-order valence-electron chi connectivity index (χ3n) is 8.05. The van der Waals surface area contributed by atoms with Crippen LogP contribution < -0.4 is 14.4 Å². The van der Waals surface area contributed by atoms with Gasteiger partial charge in [-0.15, -0.1) is 11.3 Å². The van der Waals surface area contributed by atoms with Crippen LogP contribution in [0.5, 0.6) is 11.5 Å². The zero-order valence-corrected chi connectivity index (χ0v) is 24.2. The van der Waals surface area contributed by atoms with Crippen molar-refractivity contribution in [2.24, 2.45) is 0 Å². The number of imidazole rings is 1. The van der Waals surface area contributed by atoms with E-state index in [-0.39, 0.29) is 22.1 Å². The first kappa shape index (κ1) is 27.4. The van der Waals surface area contributed by atoms with Gasteiger partial charge >= 0.3 is 5.97 Å². The molecule has 3 aliphatic heterocycles. The minimum Gasteiger partial charge on any atom is -0.477 e. The largest absolute Gasteiger partial charge is 0.477 e. The number of nitrogens with zero attached hydrogens (tertiary/aromatic N) is 4. The van der Waals surface area contributed by atoms with Crippen LogP contribution in [0.15, 0.2) is 36.4 Å². The highest BCUT2D eigenvalue weighted by molar-refractivity contribution is 7.20. The highest BCUT2D eigenvalue weighted by atomic mass is 35.5. The van der Waals surface area contributed by atoms with Gasteiger partial charge in [-0.1, -0.05) is 17.7 Å². The summed E-state index contributed by atoms with van der Waals surface area (Å²) < 4.78 is 49.7. The average molecular weight is 617 g/mol. The van der Waals surface area contributed by atoms with Crippen molar-refractivity contribution in [1.82, 2.24) is 14.5 Å². The second kappa shape index (κ2) is 10.4. The Morgan fingerprint density at radius 2 is 1.98 bits per heavy atom. The van der Waals surface area contributed by atoms with E-state index in [2.05, 4.69) is 14.8 Å². The highest BCUT2D eigenvalue weighted by Gasteiger charge is 2.43. The third kappa shape index (κ3) is 4.66. The van der Waals surface area contributed by atoms with Gasteiger partial charge in [0.2, 0.25) is 0 Å². The predicted molar refractivity (Wildman–Crippen MR) is 153 cm³/mol. The molecule has 2 atom stereocenters. The Morgan fingerprint density at radius 1 is 1.19 bits per heavy atom. The number of piperazine rings is 1. The maximum absolute atomic E-state index is 15.1. The van der Waals surface area contributed by atoms with Gasteiger partial charge in [0.15, 0.2) is 22.2 Å². The molecule has 2 aromatic heterocycles. The fraction of sp³-hybridized carbons (Fsp3) is 0.379. The van der Waals surface area contributed by atoms with Crippen molar-refractivity contribution in [1.29, 1.82) is 0 Å². The summed E-state index contributed by atoms with van der Waals surface area (Å²) in [6.45, 7) is 6.05. The number of benzene rings is 2. The number of fused-ring (bicyclic) bond motifs is 2. The zero-order valence-electron chi connectivity index (χ0n) is 22.6. The number of rotatable bonds is 7. The Morgan fingerprint density at radius 3 is 2.67 bits per heavy atom. The summed E-state index contributed by atoms with van der Waals surface area (Å²) in [5.41, 5.74) is 1.35. The number of carboxylic acids is 1. The van der Waals surface area contributed by atoms with Crippen molar-refractivity contribution in [3.05, 3.63) is 69.3 Å². The van der Waals surface area contributed by atoms with Gasteiger partial charge in [0, 0.05) is 44.7 Å². The first-order chi connectivity index (χ1) is 20.2. The number of aromatic carboxylic acids is 1. The van der Waals surface area contributed by atoms with Gasteiger partial charge < -0.3 is 28.8 Å². The minimum atomic E-state index is -1.33. The number of aromatic nitrogens is 2. The van der Waals surface area contributed by atoms with Crippen molar-refractivity contribution in [2.45, 2.75) is 38.3 Å². The first-order valence-electron chi connectivity index (χ1n) is 13.7. The molecule has 0 amide bonds. The van der Waals surface area contributed by atoms with Crippen molar-refractivity contribution >= 4 is 44.9 Å². The van der Waals surface area contributed by atoms with Gasteiger partial charge in [0.25, 0.3) is 5.79 Å². The fourth-order valence-corrected chi connectivity index (χ4v) is 6.84. The van der Waals surface area contributed by atoms with Gasteiger partial charge in [-0.3, -0.25) is 4.90 Å². The Balaban J connectivity index is 1.08. The molecule has 0 spiro atoms. The number of anilines is 1. The number of para-hydroxylation sites is 1. The van der Waals surface area contributed by atoms with Crippen LogP contribution in [0.4, 0.5) is 14.5 Å². The van der Waals surface area contributed by atoms with Gasteiger partial charge in [-0.25, -0.2) is 18.6 Å². The summed E-state index contributed by atoms with van der Waals surface area (Å²) in [4.78, 5) is 20.7. The Kier molecular flexibility index (Phi) is 6.76. The molecule has 9 nitrogen and oxygen atoms in total. The molecule has 0 aliphatic carbocycles. The SMILES string of the molecule is C[C@@]1(c2ccc(Cl)cc2F)Oc2cccc(N3CCN(Cc4nc5sc(C(=O)O)c(F)c5n4C[C@@H]4CCO4)CC3)c2O1. The van der Waals surface area contributed by atoms with Crippen LogP contribution in [-0.4, -0.2) is 64.4 Å². The molecule has 42 heavy (non-hydrogen) atoms. The lowest BCUT2D eigenvalue weighted by atomic mass is 10.1. The third-order valence-corrected chi connectivity index (χ3v) is 9.32. The summed E-state index contributed by atoms with van der Waals surface area (Å²) in [5, 5.41) is 9.68. The van der Waals surface area contributed by atoms with Gasteiger partial charge in [0.1, 0.15) is 22.0 Å². The van der Waals surface area contributed by atoms with E-state index in [0.29, 0.717) is 73.1 Å². The van der Waals surface area contributed by atoms with Crippen molar-refractivity contribution in [2.75, 3.05) is 37.7 Å². The number of thiophene rings is 1. The van der Waals surface area contributed by atoms with E-state index in [1.165, 1.54) is 6.07 Å². The van der Waals surface area contributed by atoms with E-state index >= 15 is 4.39 Å². The predicted octanol–water partition coefficient (Wildman–Crippen LogP) is 5.48. The molecular weight excluding hydrogens is 590 g/mol. The quantitative estimate of drug-likeness (QED) is 0.292. The lowest BCUT2D eigenvalue weighted by molar-refractivity contribution is -0.0705. The standard InChI is InChI=1S/C29H27ClF2N4O5S/c1-29(18-6-5-16(30)13-19(18)31)40-21-4-2-3-20(25(21)41-29)35-10-8-34(9-11-35)15-22-33-27-24(23(32)26(42-27)28(37)38)36(22)14-17-7-12-39-17/h2-6,13,17H,7-12,14-15H2,1H3,(H,37,38)/t17-,29+/m0/s1. The van der Waals surface area contributed by atoms with Gasteiger partial charge in [0.05, 0.1) is 30.4 Å². The van der Waals surface area contributed by atoms with Crippen molar-refractivity contribution in [3.63, 3.8) is 0 Å². The maximum atomic E-state index is 15.1. The first-order valence-corrected chi connectivity index (χ1v) is 14.9. The minimum absolute atomic E-state index is 0.0417. The van der Waals surface area contributed by atoms with Crippen LogP contribution in [-0.2, 0) is 23.6 Å². The summed E-state index contributed by atoms with van der Waals surface area (Å²) in [6.07, 6.45) is 0.826. The summed E-state index contributed by atoms with van der Waals surface area (Å²) in [5.74, 6) is -2.09. The summed E-state index contributed by atoms with van der Waals surface area (Å²) >= 11 is 6.81. The lowest BCUT2D eigenvalue weighted by Crippen LogP contribution is -2.46. The van der Waals surface area contributed by atoms with E-state index in [9.17, 15) is 14.3 Å². The van der Waals surface area contributed by atoms with E-state index in [1.807, 2.05) is 12.1 Å². The molecule has 2 fully saturated rings. The van der Waals surface area contributed by atoms with Crippen LogP contribution in [0.2, 0.25) is 5.02 Å². The van der Waals surface area contributed by atoms with Crippen molar-refractivity contribution < 1.29 is 32.9 Å². The Bertz CT molecular complexity index is 1700. The van der Waals surface area contributed by atoms with Crippen LogP contribution in [0.25, 0.3) is 10.3 Å². The molecule has 1 N–H and O–H groups in total. The fourth-order valence-electron chi connectivity index (χ4n) is 5.77. The molecule has 2 saturated heterocycles. The second-order valence-electron chi connectivity index (χ2n) is 10.8. The number of halogens is 3. The molecule has 4 aromatic rings. The Hall–Kier alpha value is -3.45. The monoisotopic (exact) mass is 616 g/mol. The molecule has 13 heteroatoms. The molecule has 0 radical (unpaired) electrons. The zero-order chi connectivity index (χ0) is 29.2. The molecule has 220 valence electrons. The van der Waals surface area contributed by atoms with E-state index in [4.69, 9.17) is 25.8 Å². The number of ether oxygens (including phenoxy) is 3. The number of carboxylic acid groups (broad SMARTS) is 1. The lowest BCUT2D eigenvalue weighted by Gasteiger charge is -2.36. The van der Waals surface area contributed by atoms with Crippen LogP contribution in [0.3, 0.4) is 0 Å². The molecular formula is C29H27ClF2N4O5S. The van der Waals surface area contributed by atoms with E-state index < -0.39 is 23.4 Å². The van der Waals surface area contributed by atoms with Gasteiger partial charge in [-0.05, 0) is 36.8 Å². The second-order valence-corrected chi connectivity index (χ2v) is 12.2. The number of hydrogen-bond donors (Lipinski definition) is 1. The van der Waals surface area contributed by atoms with E-state index in [0.717, 1.165) is 23.4 Å². The van der Waals surface area contributed by atoms with Crippen LogP contribution >= 0.6 is 22.9 Å². The Labute approximate surface area is 248 Å².